The molecule has 8 nitrogen and oxygen atoms in total. The average molecular weight is 493 g/mol. The van der Waals surface area contributed by atoms with Crippen LogP contribution in [-0.4, -0.2) is 53.0 Å². The van der Waals surface area contributed by atoms with E-state index in [1.165, 1.54) is 6.20 Å². The van der Waals surface area contributed by atoms with Gasteiger partial charge in [-0.15, -0.1) is 0 Å². The lowest BCUT2D eigenvalue weighted by Gasteiger charge is -2.35. The Morgan fingerprint density at radius 3 is 2.64 bits per heavy atom. The first-order valence-electron chi connectivity index (χ1n) is 12.9. The van der Waals surface area contributed by atoms with Gasteiger partial charge in [-0.25, -0.2) is 9.97 Å². The van der Waals surface area contributed by atoms with E-state index in [4.69, 9.17) is 16.3 Å². The largest absolute Gasteiger partial charge is 0.369 e. The van der Waals surface area contributed by atoms with E-state index in [0.29, 0.717) is 17.7 Å². The maximum atomic E-state index is 12.9. The maximum Gasteiger partial charge on any atom is 0.314 e. The summed E-state index contributed by atoms with van der Waals surface area (Å²) < 4.78 is 6.24. The molecule has 0 aliphatic heterocycles. The van der Waals surface area contributed by atoms with Gasteiger partial charge in [0.2, 0.25) is 5.82 Å². The number of H-pyrrole nitrogens is 1. The highest BCUT2D eigenvalue weighted by Gasteiger charge is 2.31. The minimum atomic E-state index is -0.568. The number of carbonyl (C=O) groups is 1. The number of pyridine rings is 1. The molecule has 0 atom stereocenters. The second kappa shape index (κ2) is 11.8. The Hall–Kier alpha value is -3.02. The zero-order valence-corrected chi connectivity index (χ0v) is 22.6. The van der Waals surface area contributed by atoms with Crippen LogP contribution in [0.1, 0.15) is 88.2 Å². The third kappa shape index (κ3) is 6.59. The molecule has 2 aromatic rings. The number of nitrogens with one attached hydrogen (secondary N) is 2. The summed E-state index contributed by atoms with van der Waals surface area (Å²) in [5.41, 5.74) is 3.17. The van der Waals surface area contributed by atoms with Gasteiger partial charge in [0.1, 0.15) is 5.60 Å². The predicted octanol–water partition coefficient (Wildman–Crippen LogP) is 6.18. The van der Waals surface area contributed by atoms with Gasteiger partial charge in [-0.3, -0.25) is 9.78 Å². The molecule has 36 heavy (non-hydrogen) atoms. The van der Waals surface area contributed by atoms with Crippen molar-refractivity contribution in [3.63, 3.8) is 0 Å². The molecular weight excluding hydrogens is 452 g/mol. The Bertz CT molecular complexity index is 1120. The van der Waals surface area contributed by atoms with Crippen molar-refractivity contribution in [2.24, 2.45) is 5.41 Å². The third-order valence-electron chi connectivity index (χ3n) is 7.38. The molecule has 8 heteroatoms. The Morgan fingerprint density at radius 2 is 2.06 bits per heavy atom. The van der Waals surface area contributed by atoms with Crippen LogP contribution < -0.4 is 5.32 Å². The number of hydrogen-bond acceptors (Lipinski definition) is 5. The smallest absolute Gasteiger partial charge is 0.314 e. The Kier molecular flexibility index (Phi) is 9.04. The van der Waals surface area contributed by atoms with Crippen molar-refractivity contribution in [1.82, 2.24) is 19.9 Å². The van der Waals surface area contributed by atoms with Crippen LogP contribution in [0, 0.1) is 12.0 Å². The molecule has 2 N–H and O–H groups in total. The number of ether oxygens (including phenoxy) is 1. The quantitative estimate of drug-likeness (QED) is 0.289. The molecule has 194 valence electrons. The number of carbonyl (C=O) groups excluding carboxylic acids is 1. The van der Waals surface area contributed by atoms with E-state index in [2.05, 4.69) is 59.0 Å². The topological polar surface area (TPSA) is 87.5 Å². The fourth-order valence-electron chi connectivity index (χ4n) is 4.64. The molecule has 0 saturated carbocycles. The van der Waals surface area contributed by atoms with Crippen LogP contribution in [0.15, 0.2) is 24.4 Å². The van der Waals surface area contributed by atoms with E-state index in [0.717, 1.165) is 62.0 Å². The fourth-order valence-corrected chi connectivity index (χ4v) is 4.64. The van der Waals surface area contributed by atoms with Crippen molar-refractivity contribution >= 4 is 23.0 Å². The standard InChI is InChI=1S/C28H40N6O2/c1-8-28(9-2)15-13-20(14-16-28)24-21(31-26(35)25-30-19-23(29-5)33-25)11-12-22(32-24)27(3,4)36-18-10-17-34(6)7/h11-13,19H,8-10,14-18H2,1-4,6-7H3,(H,30,33)(H,31,35). The van der Waals surface area contributed by atoms with Crippen molar-refractivity contribution in [3.05, 3.63) is 53.0 Å². The van der Waals surface area contributed by atoms with Crippen LogP contribution in [0.2, 0.25) is 0 Å². The molecule has 0 bridgehead atoms. The first-order valence-corrected chi connectivity index (χ1v) is 12.9. The molecule has 0 saturated heterocycles. The van der Waals surface area contributed by atoms with Gasteiger partial charge >= 0.3 is 5.91 Å². The number of aromatic amines is 1. The van der Waals surface area contributed by atoms with Crippen LogP contribution in [0.5, 0.6) is 0 Å². The Balaban J connectivity index is 1.91. The second-order valence-electron chi connectivity index (χ2n) is 10.4. The van der Waals surface area contributed by atoms with Crippen molar-refractivity contribution in [2.45, 2.75) is 71.8 Å². The summed E-state index contributed by atoms with van der Waals surface area (Å²) in [6, 6.07) is 3.82. The molecule has 0 aromatic carbocycles. The number of anilines is 1. The Morgan fingerprint density at radius 1 is 1.31 bits per heavy atom. The first-order chi connectivity index (χ1) is 17.1. The van der Waals surface area contributed by atoms with Crippen LogP contribution in [0.25, 0.3) is 10.4 Å². The molecule has 1 aliphatic carbocycles. The molecule has 0 unspecified atom stereocenters. The highest BCUT2D eigenvalue weighted by atomic mass is 16.5. The van der Waals surface area contributed by atoms with Crippen molar-refractivity contribution in [1.29, 1.82) is 0 Å². The number of allylic oxidation sites excluding steroid dienone is 2. The van der Waals surface area contributed by atoms with Gasteiger partial charge in [0.05, 0.1) is 23.3 Å². The maximum absolute atomic E-state index is 12.9. The highest BCUT2D eigenvalue weighted by Crippen LogP contribution is 2.44. The van der Waals surface area contributed by atoms with Gasteiger partial charge in [0.15, 0.2) is 0 Å². The molecule has 3 rings (SSSR count). The molecule has 0 radical (unpaired) electrons. The lowest BCUT2D eigenvalue weighted by atomic mass is 9.71. The summed E-state index contributed by atoms with van der Waals surface area (Å²) in [6.07, 6.45) is 9.92. The van der Waals surface area contributed by atoms with Crippen LogP contribution >= 0.6 is 0 Å². The normalized spacial score (nSPS) is 15.4. The first kappa shape index (κ1) is 27.6. The second-order valence-corrected chi connectivity index (χ2v) is 10.4. The third-order valence-corrected chi connectivity index (χ3v) is 7.38. The number of imidazole rings is 1. The number of aromatic nitrogens is 3. The van der Waals surface area contributed by atoms with Crippen LogP contribution in [-0.2, 0) is 10.3 Å². The highest BCUT2D eigenvalue weighted by molar-refractivity contribution is 6.03. The van der Waals surface area contributed by atoms with E-state index in [-0.39, 0.29) is 11.6 Å². The summed E-state index contributed by atoms with van der Waals surface area (Å²) in [7, 11) is 4.11. The van der Waals surface area contributed by atoms with Gasteiger partial charge in [0.25, 0.3) is 5.82 Å². The molecule has 0 fully saturated rings. The molecule has 1 aliphatic rings. The zero-order valence-electron chi connectivity index (χ0n) is 22.6. The predicted molar refractivity (Wildman–Crippen MR) is 144 cm³/mol. The van der Waals surface area contributed by atoms with Gasteiger partial charge in [-0.1, -0.05) is 39.3 Å². The van der Waals surface area contributed by atoms with E-state index in [9.17, 15) is 4.79 Å². The van der Waals surface area contributed by atoms with E-state index in [1.807, 2.05) is 26.0 Å². The van der Waals surface area contributed by atoms with Crippen LogP contribution in [0.4, 0.5) is 11.5 Å². The fraction of sp³-hybridized carbons (Fsp3) is 0.571. The summed E-state index contributed by atoms with van der Waals surface area (Å²) in [4.78, 5) is 30.2. The minimum absolute atomic E-state index is 0.106. The SMILES string of the molecule is [C-]#[N+]c1cnc(C(=O)Nc2ccc(C(C)(C)OCCCN(C)C)nc2C2=CCC(CC)(CC)CC2)[nH]1. The number of amides is 1. The lowest BCUT2D eigenvalue weighted by Crippen LogP contribution is -2.26. The molecular formula is C28H40N6O2. The van der Waals surface area contributed by atoms with Gasteiger partial charge in [-0.05, 0) is 83.3 Å². The summed E-state index contributed by atoms with van der Waals surface area (Å²) >= 11 is 0. The monoisotopic (exact) mass is 492 g/mol. The van der Waals surface area contributed by atoms with E-state index in [1.54, 1.807) is 0 Å². The minimum Gasteiger partial charge on any atom is -0.369 e. The molecule has 2 heterocycles. The summed E-state index contributed by atoms with van der Waals surface area (Å²) in [5, 5.41) is 2.97. The van der Waals surface area contributed by atoms with Crippen molar-refractivity contribution in [3.8, 4) is 0 Å². The van der Waals surface area contributed by atoms with Gasteiger partial charge < -0.3 is 19.8 Å². The number of rotatable bonds is 11. The molecule has 2 aromatic heterocycles. The van der Waals surface area contributed by atoms with Crippen LogP contribution in [0.3, 0.4) is 0 Å². The zero-order chi connectivity index (χ0) is 26.3. The molecule has 1 amide bonds. The van der Waals surface area contributed by atoms with Crippen molar-refractivity contribution in [2.75, 3.05) is 32.6 Å². The lowest BCUT2D eigenvalue weighted by molar-refractivity contribution is -0.0274. The average Bonchev–Trinajstić information content (AvgIpc) is 3.36. The number of nitrogens with zero attached hydrogens (tertiary/aromatic N) is 4. The Labute approximate surface area is 215 Å². The van der Waals surface area contributed by atoms with Gasteiger partial charge in [0, 0.05) is 6.61 Å². The van der Waals surface area contributed by atoms with E-state index < -0.39 is 11.5 Å². The molecule has 0 spiro atoms. The summed E-state index contributed by atoms with van der Waals surface area (Å²) in [6.45, 7) is 17.3. The summed E-state index contributed by atoms with van der Waals surface area (Å²) in [5.74, 6) is -0.0607. The number of hydrogen-bond donors (Lipinski definition) is 2. The van der Waals surface area contributed by atoms with Gasteiger partial charge in [-0.2, -0.15) is 0 Å². The van der Waals surface area contributed by atoms with Crippen molar-refractivity contribution < 1.29 is 9.53 Å². The van der Waals surface area contributed by atoms with E-state index >= 15 is 0 Å².